The van der Waals surface area contributed by atoms with Crippen LogP contribution in [-0.4, -0.2) is 4.89 Å². The van der Waals surface area contributed by atoms with Gasteiger partial charge < -0.3 is 9.05 Å². The third-order valence-corrected chi connectivity index (χ3v) is 7.25. The zero-order valence-corrected chi connectivity index (χ0v) is 20.0. The van der Waals surface area contributed by atoms with Crippen LogP contribution in [0.1, 0.15) is 50.7 Å². The first-order valence-electron chi connectivity index (χ1n) is 11.8. The quantitative estimate of drug-likeness (QED) is 0.295. The predicted molar refractivity (Wildman–Crippen MR) is 135 cm³/mol. The van der Waals surface area contributed by atoms with Crippen molar-refractivity contribution in [3.63, 3.8) is 0 Å². The molecule has 33 heavy (non-hydrogen) atoms. The average molecular weight is 461 g/mol. The largest absolute Gasteiger partial charge is 0.584 e. The molecular formula is C28H29O4P. The lowest BCUT2D eigenvalue weighted by molar-refractivity contribution is 0.292. The second kappa shape index (κ2) is 8.85. The lowest BCUT2D eigenvalue weighted by atomic mass is 9.87. The smallest absolute Gasteiger partial charge is 0.394 e. The Bertz CT molecular complexity index is 1290. The Morgan fingerprint density at radius 3 is 1.58 bits per heavy atom. The summed E-state index contributed by atoms with van der Waals surface area (Å²) in [5, 5.41) is 4.18. The lowest BCUT2D eigenvalue weighted by Crippen LogP contribution is -2.01. The van der Waals surface area contributed by atoms with Crippen molar-refractivity contribution >= 4 is 29.4 Å². The number of unbranched alkanes of at least 4 members (excludes halogenated alkanes) is 2. The van der Waals surface area contributed by atoms with Crippen LogP contribution in [0.5, 0.6) is 11.5 Å². The van der Waals surface area contributed by atoms with Gasteiger partial charge in [0.1, 0.15) is 11.5 Å². The monoisotopic (exact) mass is 460 g/mol. The van der Waals surface area contributed by atoms with Crippen LogP contribution in [0.15, 0.2) is 60.7 Å². The maximum Gasteiger partial charge on any atom is 0.584 e. The van der Waals surface area contributed by atoms with Crippen LogP contribution < -0.4 is 9.05 Å². The molecule has 1 N–H and O–H groups in total. The average Bonchev–Trinajstić information content (AvgIpc) is 2.94. The summed E-state index contributed by atoms with van der Waals surface area (Å²) in [7, 11) is -4.37. The fourth-order valence-electron chi connectivity index (χ4n) is 4.83. The number of rotatable bonds is 6. The van der Waals surface area contributed by atoms with Gasteiger partial charge in [0.05, 0.1) is 0 Å². The molecule has 0 saturated carbocycles. The third-order valence-electron chi connectivity index (χ3n) is 6.42. The topological polar surface area (TPSA) is 55.8 Å². The summed E-state index contributed by atoms with van der Waals surface area (Å²) in [6.07, 6.45) is 5.52. The van der Waals surface area contributed by atoms with Crippen LogP contribution in [0.4, 0.5) is 0 Å². The van der Waals surface area contributed by atoms with Gasteiger partial charge in [-0.25, -0.2) is 4.57 Å². The summed E-state index contributed by atoms with van der Waals surface area (Å²) in [5.41, 5.74) is 3.60. The highest BCUT2D eigenvalue weighted by Gasteiger charge is 2.36. The number of benzene rings is 4. The normalized spacial score (nSPS) is 14.3. The van der Waals surface area contributed by atoms with Gasteiger partial charge in [-0.15, -0.1) is 0 Å². The molecule has 1 aliphatic heterocycles. The Morgan fingerprint density at radius 1 is 0.727 bits per heavy atom. The van der Waals surface area contributed by atoms with Crippen LogP contribution in [0.25, 0.3) is 32.7 Å². The van der Waals surface area contributed by atoms with E-state index in [0.717, 1.165) is 82.3 Å². The Morgan fingerprint density at radius 2 is 1.15 bits per heavy atom. The zero-order chi connectivity index (χ0) is 23.0. The molecule has 5 rings (SSSR count). The van der Waals surface area contributed by atoms with Crippen LogP contribution in [0.3, 0.4) is 0 Å². The van der Waals surface area contributed by atoms with Crippen LogP contribution in [0, 0.1) is 0 Å². The zero-order valence-electron chi connectivity index (χ0n) is 19.1. The second-order valence-corrected chi connectivity index (χ2v) is 10.1. The Kier molecular flexibility index (Phi) is 5.90. The number of phosphoric ester groups is 1. The van der Waals surface area contributed by atoms with E-state index in [1.165, 1.54) is 0 Å². The minimum Gasteiger partial charge on any atom is -0.394 e. The summed E-state index contributed by atoms with van der Waals surface area (Å²) >= 11 is 0. The van der Waals surface area contributed by atoms with E-state index < -0.39 is 7.82 Å². The van der Waals surface area contributed by atoms with Crippen molar-refractivity contribution < 1.29 is 18.5 Å². The summed E-state index contributed by atoms with van der Waals surface area (Å²) in [6, 6.07) is 20.6. The molecule has 0 bridgehead atoms. The predicted octanol–water partition coefficient (Wildman–Crippen LogP) is 8.22. The number of fused-ring (bicyclic) bond motifs is 7. The van der Waals surface area contributed by atoms with E-state index in [9.17, 15) is 9.46 Å². The number of aryl methyl sites for hydroxylation is 2. The van der Waals surface area contributed by atoms with Crippen molar-refractivity contribution in [3.8, 4) is 22.6 Å². The van der Waals surface area contributed by atoms with Gasteiger partial charge in [0.2, 0.25) is 0 Å². The summed E-state index contributed by atoms with van der Waals surface area (Å²) in [4.78, 5) is 10.8. The number of phosphoric acid groups is 1. The van der Waals surface area contributed by atoms with Crippen molar-refractivity contribution in [1.29, 1.82) is 0 Å². The molecule has 0 aromatic heterocycles. The van der Waals surface area contributed by atoms with E-state index in [0.29, 0.717) is 11.5 Å². The van der Waals surface area contributed by atoms with E-state index in [-0.39, 0.29) is 0 Å². The van der Waals surface area contributed by atoms with Gasteiger partial charge in [-0.2, -0.15) is 0 Å². The lowest BCUT2D eigenvalue weighted by Gasteiger charge is -2.18. The van der Waals surface area contributed by atoms with Gasteiger partial charge in [0.15, 0.2) is 0 Å². The molecule has 5 heteroatoms. The van der Waals surface area contributed by atoms with E-state index >= 15 is 0 Å². The first-order valence-corrected chi connectivity index (χ1v) is 13.3. The van der Waals surface area contributed by atoms with Crippen LogP contribution >= 0.6 is 7.82 Å². The van der Waals surface area contributed by atoms with E-state index in [2.05, 4.69) is 50.2 Å². The van der Waals surface area contributed by atoms with Crippen LogP contribution in [0.2, 0.25) is 0 Å². The molecule has 0 fully saturated rings. The molecule has 0 amide bonds. The van der Waals surface area contributed by atoms with Gasteiger partial charge in [-0.3, -0.25) is 4.89 Å². The fourth-order valence-corrected chi connectivity index (χ4v) is 5.75. The third kappa shape index (κ3) is 4.03. The number of hydrogen-bond acceptors (Lipinski definition) is 3. The van der Waals surface area contributed by atoms with Crippen molar-refractivity contribution in [2.24, 2.45) is 0 Å². The molecule has 4 nitrogen and oxygen atoms in total. The minimum absolute atomic E-state index is 0.476. The first-order chi connectivity index (χ1) is 16.0. The standard InChI is InChI=1S/C28H29O4P/c1-3-5-11-21-17-19-13-7-9-15-23(19)25-26-24-16-10-8-14-20(24)18-22(12-6-4-2)28(26)32-33(29,30)31-27(21)25/h7-10,13-18H,3-6,11-12H2,1-2H3,(H,29,30). The van der Waals surface area contributed by atoms with Gasteiger partial charge in [0, 0.05) is 11.1 Å². The van der Waals surface area contributed by atoms with Crippen molar-refractivity contribution in [3.05, 3.63) is 71.8 Å². The minimum atomic E-state index is -4.37. The highest BCUT2D eigenvalue weighted by molar-refractivity contribution is 7.48. The Balaban J connectivity index is 1.95. The molecule has 1 aliphatic rings. The van der Waals surface area contributed by atoms with Crippen molar-refractivity contribution in [1.82, 2.24) is 0 Å². The SMILES string of the molecule is CCCCc1cc2ccccc2c2c1OP(=O)(O)Oc1c(CCCC)cc3ccccc3c1-2. The van der Waals surface area contributed by atoms with Crippen molar-refractivity contribution in [2.45, 2.75) is 52.4 Å². The van der Waals surface area contributed by atoms with Gasteiger partial charge in [-0.1, -0.05) is 75.2 Å². The molecule has 0 saturated heterocycles. The molecule has 0 spiro atoms. The Labute approximate surface area is 194 Å². The Hall–Kier alpha value is -2.81. The molecule has 4 aromatic carbocycles. The maximum atomic E-state index is 13.2. The molecule has 0 aliphatic carbocycles. The number of hydrogen-bond donors (Lipinski definition) is 1. The maximum absolute atomic E-state index is 13.2. The molecule has 1 heterocycles. The van der Waals surface area contributed by atoms with Gasteiger partial charge in [-0.05, 0) is 70.5 Å². The summed E-state index contributed by atoms with van der Waals surface area (Å²) in [5.74, 6) is 0.953. The van der Waals surface area contributed by atoms with Gasteiger partial charge in [0.25, 0.3) is 0 Å². The molecule has 4 aromatic rings. The second-order valence-electron chi connectivity index (χ2n) is 8.78. The molecule has 170 valence electrons. The van der Waals surface area contributed by atoms with E-state index in [1.807, 2.05) is 24.3 Å². The van der Waals surface area contributed by atoms with Crippen molar-refractivity contribution in [2.75, 3.05) is 0 Å². The fraction of sp³-hybridized carbons (Fsp3) is 0.286. The van der Waals surface area contributed by atoms with Crippen LogP contribution in [-0.2, 0) is 17.4 Å². The van der Waals surface area contributed by atoms with E-state index in [4.69, 9.17) is 9.05 Å². The van der Waals surface area contributed by atoms with Gasteiger partial charge >= 0.3 is 7.82 Å². The molecular weight excluding hydrogens is 431 g/mol. The molecule has 0 unspecified atom stereocenters. The highest BCUT2D eigenvalue weighted by atomic mass is 31.2. The van der Waals surface area contributed by atoms with E-state index in [1.54, 1.807) is 0 Å². The molecule has 0 radical (unpaired) electrons. The summed E-state index contributed by atoms with van der Waals surface area (Å²) < 4.78 is 24.9. The molecule has 0 atom stereocenters. The first kappa shape index (κ1) is 22.0. The highest BCUT2D eigenvalue weighted by Crippen LogP contribution is 2.59. The summed E-state index contributed by atoms with van der Waals surface area (Å²) in [6.45, 7) is 4.28.